The summed E-state index contributed by atoms with van der Waals surface area (Å²) in [5.41, 5.74) is 2.76. The van der Waals surface area contributed by atoms with E-state index in [2.05, 4.69) is 20.9 Å². The minimum atomic E-state index is -0.930. The van der Waals surface area contributed by atoms with Crippen molar-refractivity contribution >= 4 is 35.1 Å². The van der Waals surface area contributed by atoms with Crippen molar-refractivity contribution in [3.05, 3.63) is 94.6 Å². The van der Waals surface area contributed by atoms with Gasteiger partial charge < -0.3 is 20.9 Å². The molecule has 10 nitrogen and oxygen atoms in total. The van der Waals surface area contributed by atoms with Crippen LogP contribution in [0.3, 0.4) is 0 Å². The van der Waals surface area contributed by atoms with Crippen molar-refractivity contribution in [2.45, 2.75) is 27.3 Å². The summed E-state index contributed by atoms with van der Waals surface area (Å²) in [5.74, 6) is -2.10. The Morgan fingerprint density at radius 2 is 1.78 bits per heavy atom. The number of aromatic nitrogens is 2. The molecule has 12 heteroatoms. The summed E-state index contributed by atoms with van der Waals surface area (Å²) in [7, 11) is 3.81. The van der Waals surface area contributed by atoms with E-state index >= 15 is 0 Å². The number of likely N-dealkylation sites (N-methyl/N-ethyl adjacent to an activating group) is 1. The quantitative estimate of drug-likeness (QED) is 0.216. The lowest BCUT2D eigenvalue weighted by molar-refractivity contribution is 0.102. The predicted octanol–water partition coefficient (Wildman–Crippen LogP) is 6.22. The van der Waals surface area contributed by atoms with Gasteiger partial charge in [-0.15, -0.1) is 0 Å². The maximum Gasteiger partial charge on any atom is 0.328 e. The van der Waals surface area contributed by atoms with Crippen LogP contribution in [-0.4, -0.2) is 54.0 Å². The highest BCUT2D eigenvalue weighted by atomic mass is 19.1. The molecule has 0 aliphatic carbocycles. The number of benzene rings is 3. The van der Waals surface area contributed by atoms with E-state index in [1.165, 1.54) is 6.07 Å². The van der Waals surface area contributed by atoms with Crippen LogP contribution in [0.1, 0.15) is 40.9 Å². The zero-order valence-electron chi connectivity index (χ0n) is 25.7. The number of carbonyl (C=O) groups excluding carboxylic acids is 2. The Hall–Kier alpha value is -5.41. The molecule has 45 heavy (non-hydrogen) atoms. The molecule has 0 atom stereocenters. The molecule has 5 rings (SSSR count). The molecule has 0 fully saturated rings. The molecular weight excluding hydrogens is 578 g/mol. The van der Waals surface area contributed by atoms with E-state index in [4.69, 9.17) is 4.98 Å². The smallest absolute Gasteiger partial charge is 0.328 e. The molecule has 3 amide bonds. The van der Waals surface area contributed by atoms with Crippen molar-refractivity contribution in [2.75, 3.05) is 42.7 Å². The van der Waals surface area contributed by atoms with Crippen molar-refractivity contribution in [1.29, 1.82) is 5.26 Å². The molecule has 0 radical (unpaired) electrons. The van der Waals surface area contributed by atoms with E-state index in [1.807, 2.05) is 45.8 Å². The number of nitrogens with one attached hydrogen (secondary N) is 3. The summed E-state index contributed by atoms with van der Waals surface area (Å²) in [6, 6.07) is 16.3. The van der Waals surface area contributed by atoms with Crippen molar-refractivity contribution in [3.63, 3.8) is 0 Å². The fraction of sp³-hybridized carbons (Fsp3) is 0.242. The van der Waals surface area contributed by atoms with Gasteiger partial charge in [-0.25, -0.2) is 23.5 Å². The molecule has 0 bridgehead atoms. The topological polar surface area (TPSA) is 126 Å². The van der Waals surface area contributed by atoms with Crippen LogP contribution in [0.15, 0.2) is 60.7 Å². The number of amides is 3. The molecule has 0 unspecified atom stereocenters. The monoisotopic (exact) mass is 612 g/mol. The van der Waals surface area contributed by atoms with E-state index in [0.29, 0.717) is 46.7 Å². The number of para-hydroxylation sites is 1. The van der Waals surface area contributed by atoms with Crippen LogP contribution in [0.5, 0.6) is 0 Å². The Morgan fingerprint density at radius 3 is 2.47 bits per heavy atom. The third-order valence-corrected chi connectivity index (χ3v) is 6.82. The Bertz CT molecular complexity index is 1750. The van der Waals surface area contributed by atoms with Crippen molar-refractivity contribution in [1.82, 2.24) is 20.2 Å². The molecule has 1 aliphatic heterocycles. The number of halogens is 2. The number of fused-ring (bicyclic) bond motifs is 1. The van der Waals surface area contributed by atoms with Crippen LogP contribution in [-0.2, 0) is 6.54 Å². The van der Waals surface area contributed by atoms with Gasteiger partial charge in [0.15, 0.2) is 5.82 Å². The van der Waals surface area contributed by atoms with Gasteiger partial charge in [0.1, 0.15) is 17.3 Å². The second kappa shape index (κ2) is 14.4. The highest BCUT2D eigenvalue weighted by Gasteiger charge is 2.34. The normalized spacial score (nSPS) is 12.0. The maximum absolute atomic E-state index is 15.0. The van der Waals surface area contributed by atoms with E-state index < -0.39 is 29.3 Å². The Balaban J connectivity index is 0.00000226. The van der Waals surface area contributed by atoms with E-state index in [1.54, 1.807) is 42.5 Å². The van der Waals surface area contributed by atoms with Gasteiger partial charge in [0.25, 0.3) is 5.91 Å². The molecule has 1 aromatic heterocycles. The van der Waals surface area contributed by atoms with Gasteiger partial charge in [-0.3, -0.25) is 4.79 Å². The third-order valence-electron chi connectivity index (χ3n) is 6.82. The van der Waals surface area contributed by atoms with Gasteiger partial charge in [0, 0.05) is 35.5 Å². The number of hydrogen-bond donors (Lipinski definition) is 3. The fourth-order valence-corrected chi connectivity index (χ4v) is 4.65. The van der Waals surface area contributed by atoms with Gasteiger partial charge in [0.2, 0.25) is 5.95 Å². The van der Waals surface area contributed by atoms with Crippen LogP contribution in [0.2, 0.25) is 0 Å². The minimum absolute atomic E-state index is 0.00906. The van der Waals surface area contributed by atoms with Crippen LogP contribution in [0.4, 0.5) is 36.7 Å². The molecule has 232 valence electrons. The van der Waals surface area contributed by atoms with Gasteiger partial charge in [-0.05, 0) is 69.0 Å². The number of urea groups is 1. The molecule has 3 N–H and O–H groups in total. The second-order valence-corrected chi connectivity index (χ2v) is 10.2. The first-order valence-electron chi connectivity index (χ1n) is 14.4. The number of anilines is 4. The van der Waals surface area contributed by atoms with Crippen LogP contribution >= 0.6 is 0 Å². The van der Waals surface area contributed by atoms with Crippen LogP contribution in [0.25, 0.3) is 11.3 Å². The van der Waals surface area contributed by atoms with Gasteiger partial charge in [-0.1, -0.05) is 32.0 Å². The van der Waals surface area contributed by atoms with E-state index in [0.717, 1.165) is 22.6 Å². The van der Waals surface area contributed by atoms with Crippen molar-refractivity contribution < 1.29 is 18.4 Å². The number of rotatable bonds is 8. The van der Waals surface area contributed by atoms with E-state index in [9.17, 15) is 23.6 Å². The van der Waals surface area contributed by atoms with Gasteiger partial charge in [-0.2, -0.15) is 10.2 Å². The predicted molar refractivity (Wildman–Crippen MR) is 170 cm³/mol. The minimum Gasteiger partial charge on any atom is -0.353 e. The Labute approximate surface area is 260 Å². The molecule has 4 aromatic rings. The third kappa shape index (κ3) is 7.22. The Kier molecular flexibility index (Phi) is 10.4. The lowest BCUT2D eigenvalue weighted by atomic mass is 9.97. The van der Waals surface area contributed by atoms with Crippen LogP contribution < -0.4 is 20.9 Å². The summed E-state index contributed by atoms with van der Waals surface area (Å²) in [5, 5.41) is 17.8. The highest BCUT2D eigenvalue weighted by molar-refractivity contribution is 6.06. The molecule has 2 heterocycles. The average molecular weight is 613 g/mol. The molecule has 1 aliphatic rings. The number of hydrogen-bond acceptors (Lipinski definition) is 7. The van der Waals surface area contributed by atoms with E-state index in [-0.39, 0.29) is 18.3 Å². The standard InChI is InChI=1S/C31H28F2N8O2.C2H6/c1-18-10-11-20(29(42)37-21-7-4-6-19(14-21)16-34)15-22(18)26-23-17-36-31(43)41(27-24(32)8-5-9-25(27)33)28(23)39-30(38-26)35-12-13-40(2)3;1-2/h4-11,14-15H,12-13,17H2,1-3H3,(H,36,43)(H,37,42)(H,35,38,39);1-2H3. The molecule has 0 spiro atoms. The molecule has 0 saturated carbocycles. The number of nitrogens with zero attached hydrogens (tertiary/aromatic N) is 5. The summed E-state index contributed by atoms with van der Waals surface area (Å²) in [6.45, 7) is 6.93. The zero-order valence-corrected chi connectivity index (χ0v) is 25.7. The van der Waals surface area contributed by atoms with Crippen molar-refractivity contribution in [2.24, 2.45) is 0 Å². The maximum atomic E-state index is 15.0. The first-order chi connectivity index (χ1) is 21.7. The van der Waals surface area contributed by atoms with Crippen LogP contribution in [0, 0.1) is 29.9 Å². The number of nitriles is 1. The first kappa shape index (κ1) is 32.5. The lowest BCUT2D eigenvalue weighted by Gasteiger charge is -2.31. The molecular formula is C33H34F2N8O2. The summed E-state index contributed by atoms with van der Waals surface area (Å²) >= 11 is 0. The van der Waals surface area contributed by atoms with Gasteiger partial charge in [0.05, 0.1) is 23.9 Å². The molecule has 3 aromatic carbocycles. The summed E-state index contributed by atoms with van der Waals surface area (Å²) in [6.07, 6.45) is 0. The van der Waals surface area contributed by atoms with Crippen molar-refractivity contribution in [3.8, 4) is 17.3 Å². The number of carbonyl (C=O) groups is 2. The SMILES string of the molecule is CC.Cc1ccc(C(=O)Nc2cccc(C#N)c2)cc1-c1nc(NCCN(C)C)nc2c1CNC(=O)N2c1c(F)cccc1F. The lowest BCUT2D eigenvalue weighted by Crippen LogP contribution is -2.43. The zero-order chi connectivity index (χ0) is 32.7. The number of aryl methyl sites for hydroxylation is 1. The highest BCUT2D eigenvalue weighted by Crippen LogP contribution is 2.39. The fourth-order valence-electron chi connectivity index (χ4n) is 4.65. The van der Waals surface area contributed by atoms with Gasteiger partial charge >= 0.3 is 6.03 Å². The first-order valence-corrected chi connectivity index (χ1v) is 14.4. The largest absolute Gasteiger partial charge is 0.353 e. The summed E-state index contributed by atoms with van der Waals surface area (Å²) in [4.78, 5) is 38.4. The summed E-state index contributed by atoms with van der Waals surface area (Å²) < 4.78 is 29.9. The average Bonchev–Trinajstić information content (AvgIpc) is 3.02. The Morgan fingerprint density at radius 1 is 1.07 bits per heavy atom. The second-order valence-electron chi connectivity index (χ2n) is 10.2. The molecule has 0 saturated heterocycles.